The van der Waals surface area contributed by atoms with Crippen LogP contribution in [0.25, 0.3) is 10.9 Å². The number of carboxylic acid groups (broad SMARTS) is 1. The number of halogens is 1. The van der Waals surface area contributed by atoms with Crippen molar-refractivity contribution in [3.8, 4) is 0 Å². The third-order valence-electron chi connectivity index (χ3n) is 4.77. The second-order valence-electron chi connectivity index (χ2n) is 7.14. The van der Waals surface area contributed by atoms with Gasteiger partial charge in [-0.25, -0.2) is 0 Å². The van der Waals surface area contributed by atoms with Gasteiger partial charge in [0.2, 0.25) is 5.91 Å². The molecule has 30 heavy (non-hydrogen) atoms. The second kappa shape index (κ2) is 15.7. The summed E-state index contributed by atoms with van der Waals surface area (Å²) in [5.41, 5.74) is 1.54. The highest BCUT2D eigenvalue weighted by Gasteiger charge is 2.07. The summed E-state index contributed by atoms with van der Waals surface area (Å²) in [5.74, 6) is -0.675. The van der Waals surface area contributed by atoms with Crippen LogP contribution in [0, 0.1) is 0 Å². The molecule has 5 nitrogen and oxygen atoms in total. The number of nitrogens with zero attached hydrogens (tertiary/aromatic N) is 1. The lowest BCUT2D eigenvalue weighted by molar-refractivity contribution is -0.137. The number of aromatic nitrogens is 1. The zero-order valence-corrected chi connectivity index (χ0v) is 19.0. The molecule has 166 valence electrons. The lowest BCUT2D eigenvalue weighted by atomic mass is 10.1. The summed E-state index contributed by atoms with van der Waals surface area (Å²) in [6, 6.07) is 7.28. The van der Waals surface area contributed by atoms with Crippen LogP contribution in [0.1, 0.15) is 84.5 Å². The van der Waals surface area contributed by atoms with Crippen LogP contribution in [0.15, 0.2) is 30.5 Å². The number of hydrogen-bond acceptors (Lipinski definition) is 3. The van der Waals surface area contributed by atoms with E-state index in [-0.39, 0.29) is 12.3 Å². The van der Waals surface area contributed by atoms with Crippen molar-refractivity contribution in [3.63, 3.8) is 0 Å². The molecule has 0 saturated heterocycles. The van der Waals surface area contributed by atoms with E-state index >= 15 is 0 Å². The van der Waals surface area contributed by atoms with Gasteiger partial charge in [0.25, 0.3) is 0 Å². The smallest absolute Gasteiger partial charge is 0.303 e. The molecule has 0 fully saturated rings. The molecular weight excluding hydrogens is 400 g/mol. The predicted octanol–water partition coefficient (Wildman–Crippen LogP) is 7.23. The summed E-state index contributed by atoms with van der Waals surface area (Å²) in [7, 11) is 0. The SMILES string of the molecule is CC.O=C(O)CCCCCCCCCCCC(=O)Nc1ccnc2cc(Cl)ccc12. The Hall–Kier alpha value is -2.14. The fraction of sp³-hybridized carbons (Fsp3) is 0.542. The van der Waals surface area contributed by atoms with Gasteiger partial charge in [0.05, 0.1) is 11.2 Å². The molecule has 1 aromatic heterocycles. The van der Waals surface area contributed by atoms with Gasteiger partial charge in [-0.15, -0.1) is 0 Å². The van der Waals surface area contributed by atoms with Crippen LogP contribution >= 0.6 is 11.6 Å². The molecule has 2 aromatic rings. The Labute approximate surface area is 185 Å². The summed E-state index contributed by atoms with van der Waals surface area (Å²) in [4.78, 5) is 26.9. The van der Waals surface area contributed by atoms with Crippen molar-refractivity contribution >= 4 is 40.1 Å². The van der Waals surface area contributed by atoms with Crippen molar-refractivity contribution in [2.45, 2.75) is 84.5 Å². The monoisotopic (exact) mass is 434 g/mol. The zero-order chi connectivity index (χ0) is 22.2. The van der Waals surface area contributed by atoms with E-state index in [1.54, 1.807) is 18.3 Å². The number of nitrogens with one attached hydrogen (secondary N) is 1. The molecule has 0 aliphatic heterocycles. The first-order valence-corrected chi connectivity index (χ1v) is 11.5. The van der Waals surface area contributed by atoms with Crippen LogP contribution in [-0.2, 0) is 9.59 Å². The molecule has 1 aromatic carbocycles. The van der Waals surface area contributed by atoms with Gasteiger partial charge < -0.3 is 10.4 Å². The molecule has 0 aliphatic rings. The molecule has 0 unspecified atom stereocenters. The van der Waals surface area contributed by atoms with Crippen molar-refractivity contribution in [2.24, 2.45) is 0 Å². The van der Waals surface area contributed by atoms with Crippen molar-refractivity contribution < 1.29 is 14.7 Å². The molecule has 2 rings (SSSR count). The van der Waals surface area contributed by atoms with Crippen molar-refractivity contribution in [2.75, 3.05) is 5.32 Å². The second-order valence-corrected chi connectivity index (χ2v) is 7.58. The van der Waals surface area contributed by atoms with Gasteiger partial charge in [0.1, 0.15) is 0 Å². The van der Waals surface area contributed by atoms with E-state index < -0.39 is 5.97 Å². The average Bonchev–Trinajstić information content (AvgIpc) is 2.73. The van der Waals surface area contributed by atoms with E-state index in [1.165, 1.54) is 19.3 Å². The molecule has 1 heterocycles. The third-order valence-corrected chi connectivity index (χ3v) is 5.01. The van der Waals surface area contributed by atoms with E-state index in [2.05, 4.69) is 10.3 Å². The molecule has 1 amide bonds. The Morgan fingerprint density at radius 1 is 0.900 bits per heavy atom. The van der Waals surface area contributed by atoms with Crippen LogP contribution < -0.4 is 5.32 Å². The standard InChI is InChI=1S/C22H29ClN2O3.C2H6/c23-17-12-13-18-19(14-15-24-20(18)16-17)25-21(26)10-8-6-4-2-1-3-5-7-9-11-22(27)28;1-2/h12-16H,1-11H2,(H,27,28)(H,24,25,26);1-2H3. The number of fused-ring (bicyclic) bond motifs is 1. The number of carbonyl (C=O) groups is 2. The first kappa shape index (κ1) is 25.9. The van der Waals surface area contributed by atoms with Crippen molar-refractivity contribution in [1.82, 2.24) is 4.98 Å². The van der Waals surface area contributed by atoms with Gasteiger partial charge in [-0.05, 0) is 37.1 Å². The number of amides is 1. The highest BCUT2D eigenvalue weighted by molar-refractivity contribution is 6.31. The number of pyridine rings is 1. The van der Waals surface area contributed by atoms with Crippen LogP contribution in [0.2, 0.25) is 5.02 Å². The van der Waals surface area contributed by atoms with Crippen LogP contribution in [-0.4, -0.2) is 22.0 Å². The number of aliphatic carboxylic acids is 1. The summed E-state index contributed by atoms with van der Waals surface area (Å²) in [6.07, 6.45) is 12.0. The number of unbranched alkanes of at least 4 members (excludes halogenated alkanes) is 8. The molecule has 0 atom stereocenters. The van der Waals surface area contributed by atoms with E-state index in [9.17, 15) is 9.59 Å². The Bertz CT molecular complexity index is 780. The predicted molar refractivity (Wildman–Crippen MR) is 125 cm³/mol. The minimum absolute atomic E-state index is 0.0286. The Morgan fingerprint density at radius 2 is 1.47 bits per heavy atom. The molecule has 0 spiro atoms. The third kappa shape index (κ3) is 10.6. The minimum Gasteiger partial charge on any atom is -0.481 e. The molecule has 6 heteroatoms. The fourth-order valence-electron chi connectivity index (χ4n) is 3.24. The average molecular weight is 435 g/mol. The molecule has 2 N–H and O–H groups in total. The van der Waals surface area contributed by atoms with Gasteiger partial charge in [0.15, 0.2) is 0 Å². The number of benzene rings is 1. The van der Waals surface area contributed by atoms with E-state index in [0.29, 0.717) is 11.4 Å². The van der Waals surface area contributed by atoms with Crippen molar-refractivity contribution in [3.05, 3.63) is 35.5 Å². The molecule has 0 saturated carbocycles. The van der Waals surface area contributed by atoms with Crippen LogP contribution in [0.3, 0.4) is 0 Å². The van der Waals surface area contributed by atoms with Crippen LogP contribution in [0.4, 0.5) is 5.69 Å². The minimum atomic E-state index is -0.703. The summed E-state index contributed by atoms with van der Waals surface area (Å²) in [5, 5.41) is 13.1. The maximum absolute atomic E-state index is 12.2. The Kier molecular flexibility index (Phi) is 13.5. The Morgan fingerprint density at radius 3 is 2.07 bits per heavy atom. The molecular formula is C24H35ClN2O3. The molecule has 0 aliphatic carbocycles. The highest BCUT2D eigenvalue weighted by Crippen LogP contribution is 2.24. The number of rotatable bonds is 13. The summed E-state index contributed by atoms with van der Waals surface area (Å²) in [6.45, 7) is 4.00. The number of anilines is 1. The first-order valence-electron chi connectivity index (χ1n) is 11.1. The lowest BCUT2D eigenvalue weighted by Crippen LogP contribution is -2.11. The Balaban J connectivity index is 0.00000218. The van der Waals surface area contributed by atoms with Gasteiger partial charge in [-0.1, -0.05) is 70.4 Å². The number of carboxylic acids is 1. The number of carbonyl (C=O) groups excluding carboxylic acids is 1. The van der Waals surface area contributed by atoms with Crippen molar-refractivity contribution in [1.29, 1.82) is 0 Å². The summed E-state index contributed by atoms with van der Waals surface area (Å²) >= 11 is 5.99. The van der Waals surface area contributed by atoms with E-state index in [1.807, 2.05) is 26.0 Å². The highest BCUT2D eigenvalue weighted by atomic mass is 35.5. The van der Waals surface area contributed by atoms with E-state index in [4.69, 9.17) is 16.7 Å². The van der Waals surface area contributed by atoms with Gasteiger partial charge in [-0.2, -0.15) is 0 Å². The quantitative estimate of drug-likeness (QED) is 0.326. The molecule has 0 radical (unpaired) electrons. The maximum atomic E-state index is 12.2. The topological polar surface area (TPSA) is 79.3 Å². The van der Waals surface area contributed by atoms with E-state index in [0.717, 1.165) is 55.1 Å². The lowest BCUT2D eigenvalue weighted by Gasteiger charge is -2.08. The van der Waals surface area contributed by atoms with Gasteiger partial charge in [-0.3, -0.25) is 14.6 Å². The fourth-order valence-corrected chi connectivity index (χ4v) is 3.41. The summed E-state index contributed by atoms with van der Waals surface area (Å²) < 4.78 is 0. The number of hydrogen-bond donors (Lipinski definition) is 2. The maximum Gasteiger partial charge on any atom is 0.303 e. The van der Waals surface area contributed by atoms with Gasteiger partial charge in [0, 0.05) is 29.4 Å². The zero-order valence-electron chi connectivity index (χ0n) is 18.3. The molecule has 0 bridgehead atoms. The normalized spacial score (nSPS) is 10.4. The van der Waals surface area contributed by atoms with Crippen LogP contribution in [0.5, 0.6) is 0 Å². The largest absolute Gasteiger partial charge is 0.481 e. The first-order chi connectivity index (χ1) is 14.6. The van der Waals surface area contributed by atoms with Gasteiger partial charge >= 0.3 is 5.97 Å².